The smallest absolute Gasteiger partial charge is 0.224 e. The molecule has 7 nitrogen and oxygen atoms in total. The fourth-order valence-corrected chi connectivity index (χ4v) is 3.70. The molecular formula is C20H23N7S. The maximum absolute atomic E-state index is 9.03. The van der Waals surface area contributed by atoms with Gasteiger partial charge in [0.05, 0.1) is 11.1 Å². The lowest BCUT2D eigenvalue weighted by atomic mass is 10.2. The molecule has 0 radical (unpaired) electrons. The standard InChI is InChI=1S/C20H23N7S/c1-4-16-14-28-19(7-10-21)27(16)18-9-12-23-20(25-18)22-11-8-15-5-6-17(24-13-15)26(2)3/h5-7,9,12-14H,4,8,11H2,1-3H3,(H,22,23,25). The lowest BCUT2D eigenvalue weighted by Gasteiger charge is -2.21. The van der Waals surface area contributed by atoms with E-state index >= 15 is 0 Å². The van der Waals surface area contributed by atoms with Gasteiger partial charge in [0.15, 0.2) is 0 Å². The first-order valence-electron chi connectivity index (χ1n) is 9.07. The summed E-state index contributed by atoms with van der Waals surface area (Å²) in [6, 6.07) is 8.06. The molecule has 0 unspecified atom stereocenters. The van der Waals surface area contributed by atoms with Gasteiger partial charge in [-0.3, -0.25) is 4.90 Å². The first-order chi connectivity index (χ1) is 13.6. The first kappa shape index (κ1) is 19.7. The van der Waals surface area contributed by atoms with Crippen molar-refractivity contribution in [3.8, 4) is 6.07 Å². The summed E-state index contributed by atoms with van der Waals surface area (Å²) in [5.41, 5.74) is 2.27. The number of pyridine rings is 1. The lowest BCUT2D eigenvalue weighted by Crippen LogP contribution is -2.18. The number of nitriles is 1. The van der Waals surface area contributed by atoms with Crippen molar-refractivity contribution in [1.82, 2.24) is 15.0 Å². The van der Waals surface area contributed by atoms with Crippen LogP contribution in [0.2, 0.25) is 0 Å². The van der Waals surface area contributed by atoms with Crippen LogP contribution in [0.25, 0.3) is 0 Å². The van der Waals surface area contributed by atoms with Gasteiger partial charge in [0.1, 0.15) is 11.6 Å². The predicted molar refractivity (Wildman–Crippen MR) is 115 cm³/mol. The Hall–Kier alpha value is -3.05. The van der Waals surface area contributed by atoms with Crippen LogP contribution in [-0.2, 0) is 6.42 Å². The highest BCUT2D eigenvalue weighted by atomic mass is 32.2. The Morgan fingerprint density at radius 3 is 2.82 bits per heavy atom. The summed E-state index contributed by atoms with van der Waals surface area (Å²) in [6.45, 7) is 2.79. The van der Waals surface area contributed by atoms with E-state index in [0.717, 1.165) is 40.8 Å². The van der Waals surface area contributed by atoms with E-state index in [0.29, 0.717) is 12.5 Å². The molecule has 1 aliphatic heterocycles. The van der Waals surface area contributed by atoms with Crippen LogP contribution in [0.4, 0.5) is 17.6 Å². The molecule has 0 aliphatic carbocycles. The third kappa shape index (κ3) is 4.61. The second kappa shape index (κ2) is 9.24. The number of allylic oxidation sites excluding steroid dienone is 2. The molecule has 0 fully saturated rings. The monoisotopic (exact) mass is 393 g/mol. The van der Waals surface area contributed by atoms with Crippen LogP contribution in [0.5, 0.6) is 0 Å². The summed E-state index contributed by atoms with van der Waals surface area (Å²) in [6.07, 6.45) is 6.86. The zero-order valence-corrected chi connectivity index (χ0v) is 17.1. The van der Waals surface area contributed by atoms with E-state index in [2.05, 4.69) is 44.7 Å². The molecule has 1 aliphatic rings. The quantitative estimate of drug-likeness (QED) is 0.712. The third-order valence-corrected chi connectivity index (χ3v) is 5.14. The van der Waals surface area contributed by atoms with E-state index in [1.807, 2.05) is 42.2 Å². The van der Waals surface area contributed by atoms with Gasteiger partial charge in [-0.25, -0.2) is 9.97 Å². The number of hydrogen-bond donors (Lipinski definition) is 1. The topological polar surface area (TPSA) is 81.0 Å². The fraction of sp³-hybridized carbons (Fsp3) is 0.300. The molecule has 0 amide bonds. The van der Waals surface area contributed by atoms with Crippen molar-refractivity contribution in [2.75, 3.05) is 35.8 Å². The zero-order chi connectivity index (χ0) is 19.9. The highest BCUT2D eigenvalue weighted by molar-refractivity contribution is 8.06. The van der Waals surface area contributed by atoms with Crippen LogP contribution < -0.4 is 15.1 Å². The summed E-state index contributed by atoms with van der Waals surface area (Å²) >= 11 is 1.54. The van der Waals surface area contributed by atoms with Gasteiger partial charge in [-0.15, -0.1) is 0 Å². The molecular weight excluding hydrogens is 370 g/mol. The second-order valence-corrected chi connectivity index (χ2v) is 7.25. The summed E-state index contributed by atoms with van der Waals surface area (Å²) in [5.74, 6) is 2.27. The van der Waals surface area contributed by atoms with Crippen LogP contribution in [0.3, 0.4) is 0 Å². The van der Waals surface area contributed by atoms with Crippen LogP contribution in [0.15, 0.2) is 52.8 Å². The maximum Gasteiger partial charge on any atom is 0.224 e. The highest BCUT2D eigenvalue weighted by Crippen LogP contribution is 2.38. The average molecular weight is 394 g/mol. The molecule has 2 aromatic rings. The minimum atomic E-state index is 0.569. The Labute approximate surface area is 169 Å². The molecule has 0 saturated carbocycles. The van der Waals surface area contributed by atoms with Gasteiger partial charge >= 0.3 is 0 Å². The molecule has 0 aromatic carbocycles. The van der Waals surface area contributed by atoms with Crippen LogP contribution >= 0.6 is 11.8 Å². The Morgan fingerprint density at radius 2 is 2.14 bits per heavy atom. The SMILES string of the molecule is CCC1=CSC(=CC#N)N1c1ccnc(NCCc2ccc(N(C)C)nc2)n1. The number of nitrogens with one attached hydrogen (secondary N) is 1. The Bertz CT molecular complexity index is 913. The number of hydrogen-bond acceptors (Lipinski definition) is 8. The molecule has 0 bridgehead atoms. The van der Waals surface area contributed by atoms with E-state index in [-0.39, 0.29) is 0 Å². The van der Waals surface area contributed by atoms with E-state index in [1.54, 1.807) is 12.3 Å². The Morgan fingerprint density at radius 1 is 1.29 bits per heavy atom. The molecule has 2 aromatic heterocycles. The number of rotatable bonds is 7. The van der Waals surface area contributed by atoms with Gasteiger partial charge in [0.2, 0.25) is 5.95 Å². The molecule has 28 heavy (non-hydrogen) atoms. The third-order valence-electron chi connectivity index (χ3n) is 4.21. The largest absolute Gasteiger partial charge is 0.363 e. The summed E-state index contributed by atoms with van der Waals surface area (Å²) < 4.78 is 0. The summed E-state index contributed by atoms with van der Waals surface area (Å²) in [5, 5.41) is 15.2. The van der Waals surface area contributed by atoms with Crippen LogP contribution in [0.1, 0.15) is 18.9 Å². The Balaban J connectivity index is 1.65. The molecule has 144 valence electrons. The van der Waals surface area contributed by atoms with E-state index in [4.69, 9.17) is 5.26 Å². The van der Waals surface area contributed by atoms with Gasteiger partial charge < -0.3 is 10.2 Å². The number of anilines is 3. The van der Waals surface area contributed by atoms with Gasteiger partial charge in [0.25, 0.3) is 0 Å². The normalized spacial score (nSPS) is 14.7. The summed E-state index contributed by atoms with van der Waals surface area (Å²) in [7, 11) is 3.95. The fourth-order valence-electron chi connectivity index (χ4n) is 2.74. The van der Waals surface area contributed by atoms with Crippen molar-refractivity contribution in [2.45, 2.75) is 19.8 Å². The summed E-state index contributed by atoms with van der Waals surface area (Å²) in [4.78, 5) is 17.4. The number of nitrogens with zero attached hydrogens (tertiary/aromatic N) is 6. The van der Waals surface area contributed by atoms with Crippen molar-refractivity contribution in [1.29, 1.82) is 5.26 Å². The molecule has 0 atom stereocenters. The predicted octanol–water partition coefficient (Wildman–Crippen LogP) is 3.76. The van der Waals surface area contributed by atoms with Gasteiger partial charge in [0, 0.05) is 44.8 Å². The van der Waals surface area contributed by atoms with Crippen molar-refractivity contribution in [3.63, 3.8) is 0 Å². The molecule has 0 spiro atoms. The second-order valence-electron chi connectivity index (χ2n) is 6.36. The number of aromatic nitrogens is 3. The maximum atomic E-state index is 9.03. The van der Waals surface area contributed by atoms with Crippen molar-refractivity contribution in [3.05, 3.63) is 58.4 Å². The molecule has 0 saturated heterocycles. The molecule has 3 rings (SSSR count). The molecule has 8 heteroatoms. The lowest BCUT2D eigenvalue weighted by molar-refractivity contribution is 0.950. The minimum Gasteiger partial charge on any atom is -0.363 e. The molecule has 3 heterocycles. The van der Waals surface area contributed by atoms with Gasteiger partial charge in [-0.1, -0.05) is 24.8 Å². The van der Waals surface area contributed by atoms with Gasteiger partial charge in [-0.05, 0) is 35.9 Å². The van der Waals surface area contributed by atoms with E-state index in [9.17, 15) is 0 Å². The first-order valence-corrected chi connectivity index (χ1v) is 9.95. The highest BCUT2D eigenvalue weighted by Gasteiger charge is 2.23. The molecule has 1 N–H and O–H groups in total. The zero-order valence-electron chi connectivity index (χ0n) is 16.3. The van der Waals surface area contributed by atoms with Crippen LogP contribution in [0, 0.1) is 11.3 Å². The van der Waals surface area contributed by atoms with E-state index < -0.39 is 0 Å². The van der Waals surface area contributed by atoms with Crippen molar-refractivity contribution < 1.29 is 0 Å². The van der Waals surface area contributed by atoms with E-state index in [1.165, 1.54) is 11.8 Å². The van der Waals surface area contributed by atoms with Crippen LogP contribution in [-0.4, -0.2) is 35.6 Å². The van der Waals surface area contributed by atoms with Crippen molar-refractivity contribution >= 4 is 29.3 Å². The number of thioether (sulfide) groups is 1. The van der Waals surface area contributed by atoms with Crippen molar-refractivity contribution in [2.24, 2.45) is 0 Å². The average Bonchev–Trinajstić information content (AvgIpc) is 3.12. The van der Waals surface area contributed by atoms with Gasteiger partial charge in [-0.2, -0.15) is 10.2 Å². The minimum absolute atomic E-state index is 0.569. The Kier molecular flexibility index (Phi) is 6.50.